The van der Waals surface area contributed by atoms with Crippen molar-refractivity contribution in [3.8, 4) is 0 Å². The summed E-state index contributed by atoms with van der Waals surface area (Å²) in [5, 5.41) is 5.47. The van der Waals surface area contributed by atoms with Gasteiger partial charge < -0.3 is 10.6 Å². The van der Waals surface area contributed by atoms with Crippen LogP contribution in [0, 0.1) is 11.6 Å². The van der Waals surface area contributed by atoms with E-state index in [9.17, 15) is 8.78 Å². The van der Waals surface area contributed by atoms with Crippen molar-refractivity contribution in [1.82, 2.24) is 9.97 Å². The summed E-state index contributed by atoms with van der Waals surface area (Å²) in [5.41, 5.74) is 0.510. The third-order valence-corrected chi connectivity index (χ3v) is 2.81. The molecule has 7 heteroatoms. The lowest BCUT2D eigenvalue weighted by Crippen LogP contribution is -2.03. The molecule has 0 atom stereocenters. The first-order chi connectivity index (χ1) is 8.60. The van der Waals surface area contributed by atoms with Gasteiger partial charge in [0.25, 0.3) is 0 Å². The summed E-state index contributed by atoms with van der Waals surface area (Å²) in [7, 11) is 1.63. The second kappa shape index (κ2) is 5.26. The van der Waals surface area contributed by atoms with Crippen molar-refractivity contribution in [2.45, 2.75) is 0 Å². The molecule has 1 aromatic heterocycles. The van der Waals surface area contributed by atoms with E-state index in [-0.39, 0.29) is 17.6 Å². The number of rotatable bonds is 3. The molecule has 0 amide bonds. The maximum Gasteiger partial charge on any atom is 0.224 e. The molecule has 0 saturated heterocycles. The first-order valence-corrected chi connectivity index (χ1v) is 5.82. The molecule has 18 heavy (non-hydrogen) atoms. The highest BCUT2D eigenvalue weighted by molar-refractivity contribution is 9.10. The van der Waals surface area contributed by atoms with Gasteiger partial charge in [0.05, 0.1) is 11.9 Å². The summed E-state index contributed by atoms with van der Waals surface area (Å²) < 4.78 is 26.9. The van der Waals surface area contributed by atoms with E-state index in [1.807, 2.05) is 0 Å². The molecule has 4 nitrogen and oxygen atoms in total. The Bertz CT molecular complexity index is 577. The fraction of sp³-hybridized carbons (Fsp3) is 0.0909. The van der Waals surface area contributed by atoms with Crippen molar-refractivity contribution in [2.75, 3.05) is 17.7 Å². The predicted octanol–water partition coefficient (Wildman–Crippen LogP) is 3.30. The lowest BCUT2D eigenvalue weighted by molar-refractivity contribution is 0.619. The summed E-state index contributed by atoms with van der Waals surface area (Å²) in [4.78, 5) is 7.65. The average Bonchev–Trinajstić information content (AvgIpc) is 2.35. The third-order valence-electron chi connectivity index (χ3n) is 2.15. The zero-order valence-electron chi connectivity index (χ0n) is 9.34. The first-order valence-electron chi connectivity index (χ1n) is 5.02. The number of benzene rings is 1. The van der Waals surface area contributed by atoms with Crippen molar-refractivity contribution in [1.29, 1.82) is 0 Å². The van der Waals surface area contributed by atoms with E-state index in [4.69, 9.17) is 0 Å². The number of nitrogens with one attached hydrogen (secondary N) is 2. The Morgan fingerprint density at radius 1 is 1.28 bits per heavy atom. The summed E-state index contributed by atoms with van der Waals surface area (Å²) in [6, 6.07) is 4.03. The molecular weight excluding hydrogens is 306 g/mol. The van der Waals surface area contributed by atoms with Gasteiger partial charge in [0, 0.05) is 11.5 Å². The Kier molecular flexibility index (Phi) is 3.71. The fourth-order valence-electron chi connectivity index (χ4n) is 1.29. The molecule has 2 rings (SSSR count). The monoisotopic (exact) mass is 314 g/mol. The zero-order chi connectivity index (χ0) is 13.1. The fourth-order valence-corrected chi connectivity index (χ4v) is 1.74. The summed E-state index contributed by atoms with van der Waals surface area (Å²) in [6.07, 6.45) is 1.05. The second-order valence-corrected chi connectivity index (χ2v) is 4.24. The lowest BCUT2D eigenvalue weighted by atomic mass is 10.3. The van der Waals surface area contributed by atoms with Crippen LogP contribution in [0.25, 0.3) is 0 Å². The summed E-state index contributed by atoms with van der Waals surface area (Å²) in [5.74, 6) is -0.671. The van der Waals surface area contributed by atoms with Gasteiger partial charge >= 0.3 is 0 Å². The lowest BCUT2D eigenvalue weighted by Gasteiger charge is -2.09. The number of hydrogen-bond donors (Lipinski definition) is 2. The van der Waals surface area contributed by atoms with Crippen LogP contribution in [0.2, 0.25) is 0 Å². The summed E-state index contributed by atoms with van der Waals surface area (Å²) >= 11 is 3.18. The van der Waals surface area contributed by atoms with Gasteiger partial charge in [-0.2, -0.15) is 4.98 Å². The van der Waals surface area contributed by atoms with Crippen LogP contribution in [0.4, 0.5) is 26.2 Å². The number of anilines is 3. The molecule has 1 heterocycles. The van der Waals surface area contributed by atoms with Crippen LogP contribution in [-0.2, 0) is 0 Å². The van der Waals surface area contributed by atoms with Crippen LogP contribution in [-0.4, -0.2) is 17.0 Å². The van der Waals surface area contributed by atoms with E-state index in [0.29, 0.717) is 10.2 Å². The van der Waals surface area contributed by atoms with Gasteiger partial charge in [-0.3, -0.25) is 0 Å². The Balaban J connectivity index is 2.33. The number of nitrogens with zero attached hydrogens (tertiary/aromatic N) is 2. The first kappa shape index (κ1) is 12.7. The van der Waals surface area contributed by atoms with Crippen molar-refractivity contribution < 1.29 is 8.78 Å². The smallest absolute Gasteiger partial charge is 0.224 e. The molecular formula is C11H9BrF2N4. The molecule has 0 spiro atoms. The van der Waals surface area contributed by atoms with Crippen molar-refractivity contribution in [3.63, 3.8) is 0 Å². The van der Waals surface area contributed by atoms with Crippen LogP contribution in [0.1, 0.15) is 0 Å². The van der Waals surface area contributed by atoms with Gasteiger partial charge in [-0.1, -0.05) is 0 Å². The molecule has 0 aliphatic heterocycles. The highest BCUT2D eigenvalue weighted by Gasteiger charge is 2.09. The minimum absolute atomic E-state index is 0.0154. The van der Waals surface area contributed by atoms with Crippen LogP contribution < -0.4 is 10.6 Å². The number of halogens is 3. The maximum atomic E-state index is 13.5. The minimum Gasteiger partial charge on any atom is -0.357 e. The van der Waals surface area contributed by atoms with Gasteiger partial charge in [0.1, 0.15) is 5.82 Å². The molecule has 0 bridgehead atoms. The Hall–Kier alpha value is -1.76. The minimum atomic E-state index is -0.592. The van der Waals surface area contributed by atoms with Gasteiger partial charge in [-0.05, 0) is 34.1 Å². The predicted molar refractivity (Wildman–Crippen MR) is 68.9 cm³/mol. The highest BCUT2D eigenvalue weighted by atomic mass is 79.9. The average molecular weight is 315 g/mol. The van der Waals surface area contributed by atoms with E-state index >= 15 is 0 Å². The number of hydrogen-bond acceptors (Lipinski definition) is 4. The van der Waals surface area contributed by atoms with E-state index in [1.165, 1.54) is 18.2 Å². The molecule has 0 aliphatic rings. The van der Waals surface area contributed by atoms with Crippen LogP contribution in [0.15, 0.2) is 28.9 Å². The van der Waals surface area contributed by atoms with Gasteiger partial charge in [-0.15, -0.1) is 0 Å². The molecule has 94 valence electrons. The van der Waals surface area contributed by atoms with E-state index < -0.39 is 5.82 Å². The molecule has 2 N–H and O–H groups in total. The normalized spacial score (nSPS) is 10.2. The molecule has 1 aromatic carbocycles. The Labute approximate surface area is 111 Å². The van der Waals surface area contributed by atoms with Crippen molar-refractivity contribution >= 4 is 33.4 Å². The van der Waals surface area contributed by atoms with E-state index in [1.54, 1.807) is 7.05 Å². The Morgan fingerprint density at radius 2 is 2.06 bits per heavy atom. The van der Waals surface area contributed by atoms with Crippen molar-refractivity contribution in [2.24, 2.45) is 0 Å². The largest absolute Gasteiger partial charge is 0.357 e. The number of aromatic nitrogens is 2. The molecule has 0 radical (unpaired) electrons. The molecule has 0 aliphatic carbocycles. The van der Waals surface area contributed by atoms with E-state index in [0.717, 1.165) is 6.20 Å². The summed E-state index contributed by atoms with van der Waals surface area (Å²) in [6.45, 7) is 0. The molecule has 2 aromatic rings. The molecule has 0 unspecified atom stereocenters. The van der Waals surface area contributed by atoms with E-state index in [2.05, 4.69) is 36.5 Å². The van der Waals surface area contributed by atoms with Crippen LogP contribution >= 0.6 is 15.9 Å². The SMILES string of the molecule is CNc1ncc(F)c(Nc2ccc(F)cc2Br)n1. The maximum absolute atomic E-state index is 13.5. The Morgan fingerprint density at radius 3 is 2.72 bits per heavy atom. The van der Waals surface area contributed by atoms with Gasteiger partial charge in [0.15, 0.2) is 11.6 Å². The zero-order valence-corrected chi connectivity index (χ0v) is 10.9. The molecule has 0 saturated carbocycles. The third kappa shape index (κ3) is 2.73. The van der Waals surface area contributed by atoms with Crippen LogP contribution in [0.3, 0.4) is 0 Å². The van der Waals surface area contributed by atoms with Crippen molar-refractivity contribution in [3.05, 3.63) is 40.5 Å². The molecule has 0 fully saturated rings. The highest BCUT2D eigenvalue weighted by Crippen LogP contribution is 2.27. The quantitative estimate of drug-likeness (QED) is 0.912. The second-order valence-electron chi connectivity index (χ2n) is 3.39. The van der Waals surface area contributed by atoms with Gasteiger partial charge in [-0.25, -0.2) is 13.8 Å². The van der Waals surface area contributed by atoms with Crippen LogP contribution in [0.5, 0.6) is 0 Å². The van der Waals surface area contributed by atoms with Gasteiger partial charge in [0.2, 0.25) is 5.95 Å². The standard InChI is InChI=1S/C11H9BrF2N4/c1-15-11-16-5-8(14)10(18-11)17-9-3-2-6(13)4-7(9)12/h2-5H,1H3,(H2,15,16,17,18). The topological polar surface area (TPSA) is 49.8 Å².